The van der Waals surface area contributed by atoms with Crippen LogP contribution < -0.4 is 0 Å². The fourth-order valence-electron chi connectivity index (χ4n) is 0.765. The second kappa shape index (κ2) is 3.25. The first kappa shape index (κ1) is 10.4. The van der Waals surface area contributed by atoms with Crippen LogP contribution in [0.25, 0.3) is 0 Å². The zero-order chi connectivity index (χ0) is 10.9. The van der Waals surface area contributed by atoms with Crippen molar-refractivity contribution in [2.24, 2.45) is 0 Å². The normalized spacial score (nSPS) is 11.8. The first-order valence-electron chi connectivity index (χ1n) is 3.21. The van der Waals surface area contributed by atoms with E-state index >= 15 is 0 Å². The van der Waals surface area contributed by atoms with E-state index in [0.717, 1.165) is 0 Å². The van der Waals surface area contributed by atoms with E-state index in [-0.39, 0.29) is 10.7 Å². The molecule has 76 valence electrons. The number of nitrogens with zero attached hydrogens (tertiary/aromatic N) is 3. The summed E-state index contributed by atoms with van der Waals surface area (Å²) in [5, 5.41) is 10.8. The number of aromatic nitrogens is 2. The van der Waals surface area contributed by atoms with Gasteiger partial charge in [-0.05, 0) is 0 Å². The standard InChI is InChI=1S/C6H2F5N3/c7-5(8)14-3(2-12)1-4(13-14)6(9,10)11/h1,5H. The van der Waals surface area contributed by atoms with Crippen molar-refractivity contribution >= 4 is 0 Å². The van der Waals surface area contributed by atoms with Gasteiger partial charge in [0.1, 0.15) is 11.8 Å². The Hall–Kier alpha value is -1.65. The van der Waals surface area contributed by atoms with Crippen LogP contribution in [0.2, 0.25) is 0 Å². The van der Waals surface area contributed by atoms with Crippen molar-refractivity contribution in [2.75, 3.05) is 0 Å². The van der Waals surface area contributed by atoms with Gasteiger partial charge in [-0.1, -0.05) is 0 Å². The molecule has 0 saturated carbocycles. The van der Waals surface area contributed by atoms with Crippen molar-refractivity contribution < 1.29 is 22.0 Å². The third-order valence-corrected chi connectivity index (χ3v) is 1.33. The number of alkyl halides is 5. The van der Waals surface area contributed by atoms with Crippen LogP contribution in [0.5, 0.6) is 0 Å². The van der Waals surface area contributed by atoms with E-state index in [1.165, 1.54) is 6.07 Å². The van der Waals surface area contributed by atoms with Crippen LogP contribution in [0, 0.1) is 11.3 Å². The Balaban J connectivity index is 3.22. The smallest absolute Gasteiger partial charge is 0.193 e. The Bertz CT molecular complexity index is 372. The van der Waals surface area contributed by atoms with Crippen LogP contribution in [0.15, 0.2) is 6.07 Å². The summed E-state index contributed by atoms with van der Waals surface area (Å²) in [5.41, 5.74) is -2.33. The maximum Gasteiger partial charge on any atom is 0.435 e. The molecule has 0 saturated heterocycles. The Morgan fingerprint density at radius 2 is 2.00 bits per heavy atom. The maximum atomic E-state index is 12.0. The van der Waals surface area contributed by atoms with Gasteiger partial charge >= 0.3 is 12.7 Å². The monoisotopic (exact) mass is 211 g/mol. The zero-order valence-corrected chi connectivity index (χ0v) is 6.39. The van der Waals surface area contributed by atoms with Crippen molar-refractivity contribution in [3.63, 3.8) is 0 Å². The molecule has 0 amide bonds. The summed E-state index contributed by atoms with van der Waals surface area (Å²) < 4.78 is 59.6. The van der Waals surface area contributed by atoms with Crippen LogP contribution in [0.3, 0.4) is 0 Å². The Morgan fingerprint density at radius 3 is 2.29 bits per heavy atom. The SMILES string of the molecule is N#Cc1cc(C(F)(F)F)nn1C(F)F. The molecule has 8 heteroatoms. The lowest BCUT2D eigenvalue weighted by Gasteiger charge is -2.01. The largest absolute Gasteiger partial charge is 0.435 e. The van der Waals surface area contributed by atoms with E-state index in [9.17, 15) is 22.0 Å². The molecule has 0 atom stereocenters. The van der Waals surface area contributed by atoms with Crippen LogP contribution in [-0.4, -0.2) is 9.78 Å². The van der Waals surface area contributed by atoms with E-state index in [2.05, 4.69) is 5.10 Å². The van der Waals surface area contributed by atoms with Crippen LogP contribution in [0.4, 0.5) is 22.0 Å². The molecule has 14 heavy (non-hydrogen) atoms. The molecular weight excluding hydrogens is 209 g/mol. The lowest BCUT2D eigenvalue weighted by molar-refractivity contribution is -0.142. The van der Waals surface area contributed by atoms with Crippen LogP contribution >= 0.6 is 0 Å². The minimum atomic E-state index is -4.83. The molecule has 0 radical (unpaired) electrons. The maximum absolute atomic E-state index is 12.0. The van der Waals surface area contributed by atoms with Gasteiger partial charge in [0.2, 0.25) is 0 Å². The molecule has 1 aromatic rings. The van der Waals surface area contributed by atoms with Gasteiger partial charge < -0.3 is 0 Å². The van der Waals surface area contributed by atoms with Gasteiger partial charge in [0.25, 0.3) is 0 Å². The lowest BCUT2D eigenvalue weighted by Crippen LogP contribution is -2.08. The highest BCUT2D eigenvalue weighted by Gasteiger charge is 2.35. The number of nitriles is 1. The van der Waals surface area contributed by atoms with E-state index in [0.29, 0.717) is 0 Å². The van der Waals surface area contributed by atoms with Gasteiger partial charge in [-0.2, -0.15) is 37.0 Å². The van der Waals surface area contributed by atoms with Crippen molar-refractivity contribution in [1.82, 2.24) is 9.78 Å². The van der Waals surface area contributed by atoms with Crippen molar-refractivity contribution in [1.29, 1.82) is 5.26 Å². The van der Waals surface area contributed by atoms with Gasteiger partial charge in [-0.15, -0.1) is 0 Å². The highest BCUT2D eigenvalue weighted by molar-refractivity contribution is 5.24. The second-order valence-corrected chi connectivity index (χ2v) is 2.25. The molecular formula is C6H2F5N3. The highest BCUT2D eigenvalue weighted by Crippen LogP contribution is 2.29. The summed E-state index contributed by atoms with van der Waals surface area (Å²) in [6.45, 7) is -3.26. The van der Waals surface area contributed by atoms with Crippen LogP contribution in [-0.2, 0) is 6.18 Å². The zero-order valence-electron chi connectivity index (χ0n) is 6.39. The Morgan fingerprint density at radius 1 is 1.43 bits per heavy atom. The molecule has 0 N–H and O–H groups in total. The summed E-state index contributed by atoms with van der Waals surface area (Å²) in [5.74, 6) is 0. The predicted molar refractivity (Wildman–Crippen MR) is 33.2 cm³/mol. The third-order valence-electron chi connectivity index (χ3n) is 1.33. The van der Waals surface area contributed by atoms with Gasteiger partial charge in [0.15, 0.2) is 5.69 Å². The fraction of sp³-hybridized carbons (Fsp3) is 0.333. The summed E-state index contributed by atoms with van der Waals surface area (Å²) >= 11 is 0. The first-order valence-corrected chi connectivity index (χ1v) is 3.21. The van der Waals surface area contributed by atoms with Crippen molar-refractivity contribution in [3.8, 4) is 6.07 Å². The van der Waals surface area contributed by atoms with Crippen LogP contribution in [0.1, 0.15) is 17.9 Å². The van der Waals surface area contributed by atoms with Gasteiger partial charge in [0, 0.05) is 6.07 Å². The summed E-state index contributed by atoms with van der Waals surface area (Å²) in [7, 11) is 0. The van der Waals surface area contributed by atoms with Gasteiger partial charge in [-0.25, -0.2) is 0 Å². The molecule has 3 nitrogen and oxygen atoms in total. The average molecular weight is 211 g/mol. The van der Waals surface area contributed by atoms with Gasteiger partial charge in [0.05, 0.1) is 0 Å². The highest BCUT2D eigenvalue weighted by atomic mass is 19.4. The molecule has 0 unspecified atom stereocenters. The first-order chi connectivity index (χ1) is 6.36. The lowest BCUT2D eigenvalue weighted by atomic mass is 10.3. The molecule has 0 aromatic carbocycles. The molecule has 1 heterocycles. The number of hydrogen-bond donors (Lipinski definition) is 0. The van der Waals surface area contributed by atoms with E-state index in [4.69, 9.17) is 5.26 Å². The minimum absolute atomic E-state index is 0.270. The Labute approximate surface area is 74.4 Å². The number of halogens is 5. The van der Waals surface area contributed by atoms with E-state index in [1.807, 2.05) is 0 Å². The summed E-state index contributed by atoms with van der Waals surface area (Å²) in [6.07, 6.45) is -4.83. The Kier molecular flexibility index (Phi) is 2.42. The summed E-state index contributed by atoms with van der Waals surface area (Å²) in [4.78, 5) is 0. The van der Waals surface area contributed by atoms with Crippen molar-refractivity contribution in [3.05, 3.63) is 17.5 Å². The number of hydrogen-bond acceptors (Lipinski definition) is 2. The second-order valence-electron chi connectivity index (χ2n) is 2.25. The average Bonchev–Trinajstić information content (AvgIpc) is 2.45. The molecule has 0 bridgehead atoms. The topological polar surface area (TPSA) is 41.6 Å². The molecule has 1 aromatic heterocycles. The molecule has 0 aliphatic rings. The van der Waals surface area contributed by atoms with E-state index in [1.54, 1.807) is 0 Å². The molecule has 0 aliphatic heterocycles. The molecule has 0 fully saturated rings. The summed E-state index contributed by atoms with van der Waals surface area (Å²) in [6, 6.07) is 1.46. The molecule has 0 aliphatic carbocycles. The predicted octanol–water partition coefficient (Wildman–Crippen LogP) is 2.17. The van der Waals surface area contributed by atoms with Gasteiger partial charge in [-0.3, -0.25) is 0 Å². The third kappa shape index (κ3) is 1.81. The van der Waals surface area contributed by atoms with Crippen molar-refractivity contribution in [2.45, 2.75) is 12.7 Å². The number of rotatable bonds is 1. The quantitative estimate of drug-likeness (QED) is 0.668. The minimum Gasteiger partial charge on any atom is -0.193 e. The van der Waals surface area contributed by atoms with E-state index < -0.39 is 24.1 Å². The fourth-order valence-corrected chi connectivity index (χ4v) is 0.765. The molecule has 1 rings (SSSR count). The molecule has 0 spiro atoms.